The van der Waals surface area contributed by atoms with E-state index in [9.17, 15) is 19.8 Å². The van der Waals surface area contributed by atoms with Gasteiger partial charge < -0.3 is 20.3 Å². The van der Waals surface area contributed by atoms with E-state index in [2.05, 4.69) is 43.5 Å². The van der Waals surface area contributed by atoms with Crippen LogP contribution in [-0.4, -0.2) is 47.4 Å². The first-order chi connectivity index (χ1) is 37.0. The summed E-state index contributed by atoms with van der Waals surface area (Å²) in [5.41, 5.74) is 0. The summed E-state index contributed by atoms with van der Waals surface area (Å²) in [5.74, 6) is -0.0221. The topological polar surface area (TPSA) is 95.9 Å². The third-order valence-corrected chi connectivity index (χ3v) is 16.0. The average Bonchev–Trinajstić information content (AvgIpc) is 3.41. The molecule has 0 fully saturated rings. The molecule has 0 aromatic carbocycles. The number of allylic oxidation sites excluding steroid dienone is 4. The van der Waals surface area contributed by atoms with E-state index < -0.39 is 12.1 Å². The average molecular weight is 1060 g/mol. The minimum absolute atomic E-state index is 0.00965. The van der Waals surface area contributed by atoms with Gasteiger partial charge in [0.2, 0.25) is 5.91 Å². The molecule has 6 nitrogen and oxygen atoms in total. The highest BCUT2D eigenvalue weighted by Gasteiger charge is 2.20. The molecule has 0 rings (SSSR count). The van der Waals surface area contributed by atoms with Crippen molar-refractivity contribution in [3.8, 4) is 0 Å². The molecule has 75 heavy (non-hydrogen) atoms. The molecule has 0 saturated heterocycles. The van der Waals surface area contributed by atoms with Crippen molar-refractivity contribution in [1.82, 2.24) is 5.32 Å². The third kappa shape index (κ3) is 61.4. The van der Waals surface area contributed by atoms with Gasteiger partial charge in [-0.05, 0) is 77.0 Å². The zero-order valence-electron chi connectivity index (χ0n) is 50.8. The summed E-state index contributed by atoms with van der Waals surface area (Å²) in [6, 6.07) is -0.539. The number of aliphatic hydroxyl groups is 2. The maximum Gasteiger partial charge on any atom is 0.305 e. The zero-order valence-corrected chi connectivity index (χ0v) is 50.8. The second kappa shape index (κ2) is 64.9. The van der Waals surface area contributed by atoms with Crippen molar-refractivity contribution < 1.29 is 24.5 Å². The van der Waals surface area contributed by atoms with Crippen LogP contribution in [0.3, 0.4) is 0 Å². The number of unbranched alkanes of at least 4 members (excludes halogenated alkanes) is 49. The Labute approximate surface area is 469 Å². The fourth-order valence-electron chi connectivity index (χ4n) is 10.7. The van der Waals surface area contributed by atoms with Crippen LogP contribution in [0.4, 0.5) is 0 Å². The fraction of sp³-hybridized carbons (Fsp3) is 0.913. The molecule has 0 spiro atoms. The quantitative estimate of drug-likeness (QED) is 0.0320. The summed E-state index contributed by atoms with van der Waals surface area (Å²) in [6.45, 7) is 4.97. The summed E-state index contributed by atoms with van der Waals surface area (Å²) in [4.78, 5) is 24.5. The van der Waals surface area contributed by atoms with Gasteiger partial charge in [-0.1, -0.05) is 314 Å². The van der Waals surface area contributed by atoms with Crippen molar-refractivity contribution >= 4 is 11.9 Å². The van der Waals surface area contributed by atoms with Crippen LogP contribution in [0.5, 0.6) is 0 Å². The molecule has 0 saturated carbocycles. The number of ether oxygens (including phenoxy) is 1. The molecule has 0 bridgehead atoms. The van der Waals surface area contributed by atoms with Gasteiger partial charge in [0, 0.05) is 12.8 Å². The zero-order chi connectivity index (χ0) is 54.3. The molecular formula is C69H133NO5. The lowest BCUT2D eigenvalue weighted by Gasteiger charge is -2.22. The third-order valence-electron chi connectivity index (χ3n) is 16.0. The maximum absolute atomic E-state index is 12.5. The van der Waals surface area contributed by atoms with Crippen LogP contribution in [0.15, 0.2) is 24.3 Å². The highest BCUT2D eigenvalue weighted by Crippen LogP contribution is 2.18. The van der Waals surface area contributed by atoms with Crippen molar-refractivity contribution in [3.63, 3.8) is 0 Å². The molecule has 0 aliphatic carbocycles. The highest BCUT2D eigenvalue weighted by molar-refractivity contribution is 5.76. The van der Waals surface area contributed by atoms with Gasteiger partial charge in [-0.3, -0.25) is 9.59 Å². The minimum Gasteiger partial charge on any atom is -0.466 e. The Morgan fingerprint density at radius 1 is 0.360 bits per heavy atom. The highest BCUT2D eigenvalue weighted by atomic mass is 16.5. The first-order valence-corrected chi connectivity index (χ1v) is 34.1. The molecule has 0 aliphatic heterocycles. The van der Waals surface area contributed by atoms with E-state index in [0.29, 0.717) is 25.9 Å². The number of nitrogens with one attached hydrogen (secondary N) is 1. The molecule has 1 amide bonds. The van der Waals surface area contributed by atoms with E-state index in [1.165, 1.54) is 302 Å². The lowest BCUT2D eigenvalue weighted by molar-refractivity contribution is -0.143. The molecule has 444 valence electrons. The first-order valence-electron chi connectivity index (χ1n) is 34.1. The Morgan fingerprint density at radius 3 is 0.947 bits per heavy atom. The standard InChI is InChI=1S/C69H133NO5/c1-3-5-7-9-11-13-15-17-34-39-43-47-51-55-59-63-69(74)75-64-60-56-52-48-44-40-36-33-31-29-27-25-23-21-19-18-20-22-24-26-28-30-32-35-38-42-46-50-54-58-62-68(73)70-66(65-71)67(72)61-57-53-49-45-41-37-16-14-12-10-8-6-4-2/h17,19,21,34,66-67,71-72H,3-16,18,20,22-33,35-65H2,1-2H3,(H,70,73)/b21-19-,34-17-. The number of hydrogen-bond acceptors (Lipinski definition) is 5. The van der Waals surface area contributed by atoms with Gasteiger partial charge in [0.05, 0.1) is 25.4 Å². The molecule has 3 N–H and O–H groups in total. The second-order valence-electron chi connectivity index (χ2n) is 23.5. The fourth-order valence-corrected chi connectivity index (χ4v) is 10.7. The first kappa shape index (κ1) is 73.3. The predicted molar refractivity (Wildman–Crippen MR) is 329 cm³/mol. The number of amides is 1. The SMILES string of the molecule is CCCCCCCC/C=C\CCCCCCCC(=O)OCCCCCCCCCCCCCC/C=C\CCCCCCCCCCCCCCCCC(=O)NC(CO)C(O)CCCCCCCCCCCCCCC. The summed E-state index contributed by atoms with van der Waals surface area (Å²) >= 11 is 0. The van der Waals surface area contributed by atoms with E-state index in [1.54, 1.807) is 0 Å². The van der Waals surface area contributed by atoms with Crippen molar-refractivity contribution in [1.29, 1.82) is 0 Å². The molecule has 0 heterocycles. The van der Waals surface area contributed by atoms with Crippen LogP contribution in [0.25, 0.3) is 0 Å². The number of carbonyl (C=O) groups excluding carboxylic acids is 2. The number of aliphatic hydroxyl groups excluding tert-OH is 2. The van der Waals surface area contributed by atoms with Gasteiger partial charge in [-0.15, -0.1) is 0 Å². The Balaban J connectivity index is 3.35. The van der Waals surface area contributed by atoms with E-state index >= 15 is 0 Å². The van der Waals surface area contributed by atoms with Gasteiger partial charge in [-0.25, -0.2) is 0 Å². The molecular weight excluding hydrogens is 923 g/mol. The molecule has 0 aliphatic rings. The van der Waals surface area contributed by atoms with Crippen LogP contribution < -0.4 is 5.32 Å². The Kier molecular flexibility index (Phi) is 63.4. The van der Waals surface area contributed by atoms with Crippen LogP contribution in [0.1, 0.15) is 380 Å². The monoisotopic (exact) mass is 1060 g/mol. The molecule has 2 unspecified atom stereocenters. The van der Waals surface area contributed by atoms with Gasteiger partial charge in [0.25, 0.3) is 0 Å². The van der Waals surface area contributed by atoms with Crippen LogP contribution >= 0.6 is 0 Å². The molecule has 0 aromatic heterocycles. The normalized spacial score (nSPS) is 12.6. The van der Waals surface area contributed by atoms with Crippen molar-refractivity contribution in [3.05, 3.63) is 24.3 Å². The Hall–Kier alpha value is -1.66. The van der Waals surface area contributed by atoms with E-state index in [4.69, 9.17) is 4.74 Å². The molecule has 0 radical (unpaired) electrons. The van der Waals surface area contributed by atoms with Gasteiger partial charge in [0.15, 0.2) is 0 Å². The molecule has 2 atom stereocenters. The van der Waals surface area contributed by atoms with Gasteiger partial charge >= 0.3 is 5.97 Å². The lowest BCUT2D eigenvalue weighted by Crippen LogP contribution is -2.45. The smallest absolute Gasteiger partial charge is 0.305 e. The maximum atomic E-state index is 12.5. The summed E-state index contributed by atoms with van der Waals surface area (Å²) < 4.78 is 5.49. The summed E-state index contributed by atoms with van der Waals surface area (Å²) in [5, 5.41) is 23.3. The lowest BCUT2D eigenvalue weighted by atomic mass is 10.0. The largest absolute Gasteiger partial charge is 0.466 e. The second-order valence-corrected chi connectivity index (χ2v) is 23.5. The van der Waals surface area contributed by atoms with E-state index in [0.717, 1.165) is 44.9 Å². The van der Waals surface area contributed by atoms with Crippen LogP contribution in [0, 0.1) is 0 Å². The number of hydrogen-bond donors (Lipinski definition) is 3. The Bertz CT molecular complexity index is 1170. The number of carbonyl (C=O) groups is 2. The van der Waals surface area contributed by atoms with Crippen LogP contribution in [-0.2, 0) is 14.3 Å². The van der Waals surface area contributed by atoms with Crippen molar-refractivity contribution in [2.45, 2.75) is 392 Å². The minimum atomic E-state index is -0.662. The Morgan fingerprint density at radius 2 is 0.627 bits per heavy atom. The summed E-state index contributed by atoms with van der Waals surface area (Å²) in [6.07, 6.45) is 80.8. The van der Waals surface area contributed by atoms with Crippen LogP contribution in [0.2, 0.25) is 0 Å². The number of esters is 1. The number of rotatable bonds is 64. The van der Waals surface area contributed by atoms with E-state index in [-0.39, 0.29) is 18.5 Å². The molecule has 0 aromatic rings. The molecule has 6 heteroatoms. The summed E-state index contributed by atoms with van der Waals surface area (Å²) in [7, 11) is 0. The van der Waals surface area contributed by atoms with Gasteiger partial charge in [0.1, 0.15) is 0 Å². The van der Waals surface area contributed by atoms with Crippen molar-refractivity contribution in [2.75, 3.05) is 13.2 Å². The van der Waals surface area contributed by atoms with E-state index in [1.807, 2.05) is 0 Å². The van der Waals surface area contributed by atoms with Gasteiger partial charge in [-0.2, -0.15) is 0 Å². The van der Waals surface area contributed by atoms with Crippen molar-refractivity contribution in [2.24, 2.45) is 0 Å². The predicted octanol–water partition coefficient (Wildman–Crippen LogP) is 21.8.